The molecular weight excluding hydrogens is 241 g/mol. The molecule has 1 atom stereocenters. The minimum Gasteiger partial charge on any atom is -0.391 e. The highest BCUT2D eigenvalue weighted by Crippen LogP contribution is 2.31. The lowest BCUT2D eigenvalue weighted by Gasteiger charge is -2.30. The first kappa shape index (κ1) is 12.9. The lowest BCUT2D eigenvalue weighted by molar-refractivity contribution is 0.0904. The van der Waals surface area contributed by atoms with Crippen LogP contribution in [-0.4, -0.2) is 24.3 Å². The molecule has 2 aliphatic rings. The van der Waals surface area contributed by atoms with Crippen molar-refractivity contribution < 1.29 is 9.50 Å². The van der Waals surface area contributed by atoms with E-state index in [9.17, 15) is 9.50 Å². The fourth-order valence-electron chi connectivity index (χ4n) is 3.50. The number of hydrogen-bond donors (Lipinski definition) is 1. The summed E-state index contributed by atoms with van der Waals surface area (Å²) in [5.41, 5.74) is 2.19. The molecule has 1 unspecified atom stereocenters. The molecule has 104 valence electrons. The lowest BCUT2D eigenvalue weighted by Crippen LogP contribution is -2.36. The summed E-state index contributed by atoms with van der Waals surface area (Å²) in [5, 5.41) is 10.4. The van der Waals surface area contributed by atoms with Crippen LogP contribution in [0.5, 0.6) is 0 Å². The number of nitrogens with zero attached hydrogens (tertiary/aromatic N) is 1. The van der Waals surface area contributed by atoms with Gasteiger partial charge in [0.1, 0.15) is 5.82 Å². The highest BCUT2D eigenvalue weighted by Gasteiger charge is 2.27. The molecule has 1 aromatic rings. The Balaban J connectivity index is 1.66. The lowest BCUT2D eigenvalue weighted by atomic mass is 9.85. The van der Waals surface area contributed by atoms with E-state index in [2.05, 4.69) is 4.90 Å². The zero-order valence-corrected chi connectivity index (χ0v) is 11.3. The van der Waals surface area contributed by atoms with E-state index < -0.39 is 0 Å². The normalized spacial score (nSPS) is 21.5. The van der Waals surface area contributed by atoms with Gasteiger partial charge < -0.3 is 10.0 Å². The van der Waals surface area contributed by atoms with Gasteiger partial charge in [-0.05, 0) is 42.9 Å². The van der Waals surface area contributed by atoms with Crippen molar-refractivity contribution in [2.75, 3.05) is 18.0 Å². The number of hydrogen-bond acceptors (Lipinski definition) is 2. The Morgan fingerprint density at radius 1 is 1.26 bits per heavy atom. The van der Waals surface area contributed by atoms with Crippen molar-refractivity contribution >= 4 is 5.69 Å². The molecule has 1 aromatic carbocycles. The first-order valence-corrected chi connectivity index (χ1v) is 7.45. The summed E-state index contributed by atoms with van der Waals surface area (Å²) in [5.74, 6) is 0.254. The second-order valence-electron chi connectivity index (χ2n) is 5.93. The van der Waals surface area contributed by atoms with Crippen molar-refractivity contribution in [3.05, 3.63) is 29.6 Å². The molecule has 0 aromatic heterocycles. The van der Waals surface area contributed by atoms with Crippen molar-refractivity contribution in [2.45, 2.75) is 44.6 Å². The summed E-state index contributed by atoms with van der Waals surface area (Å²) in [6.45, 7) is 1.56. The number of benzene rings is 1. The Kier molecular flexibility index (Phi) is 3.74. The van der Waals surface area contributed by atoms with Crippen LogP contribution in [0.4, 0.5) is 10.1 Å². The van der Waals surface area contributed by atoms with E-state index in [-0.39, 0.29) is 11.9 Å². The van der Waals surface area contributed by atoms with Crippen LogP contribution in [0.2, 0.25) is 0 Å². The minimum absolute atomic E-state index is 0.183. The molecule has 2 nitrogen and oxygen atoms in total. The van der Waals surface area contributed by atoms with Crippen molar-refractivity contribution in [1.29, 1.82) is 0 Å². The van der Waals surface area contributed by atoms with Gasteiger partial charge in [0, 0.05) is 18.8 Å². The Morgan fingerprint density at radius 3 is 2.84 bits per heavy atom. The van der Waals surface area contributed by atoms with Gasteiger partial charge in [-0.3, -0.25) is 0 Å². The third-order valence-electron chi connectivity index (χ3n) is 4.64. The maximum atomic E-state index is 13.3. The van der Waals surface area contributed by atoms with Crippen LogP contribution in [0, 0.1) is 11.7 Å². The average Bonchev–Trinajstić information content (AvgIpc) is 2.82. The fourth-order valence-corrected chi connectivity index (χ4v) is 3.50. The fraction of sp³-hybridized carbons (Fsp3) is 0.625. The van der Waals surface area contributed by atoms with Crippen molar-refractivity contribution in [1.82, 2.24) is 0 Å². The van der Waals surface area contributed by atoms with E-state index in [1.54, 1.807) is 6.07 Å². The SMILES string of the molecule is OC(CN1CCc2ccc(F)cc21)C1CCCCC1. The van der Waals surface area contributed by atoms with Gasteiger partial charge >= 0.3 is 0 Å². The average molecular weight is 263 g/mol. The molecule has 0 radical (unpaired) electrons. The van der Waals surface area contributed by atoms with Crippen LogP contribution in [-0.2, 0) is 6.42 Å². The summed E-state index contributed by atoms with van der Waals surface area (Å²) in [6, 6.07) is 5.01. The zero-order valence-electron chi connectivity index (χ0n) is 11.3. The molecule has 1 N–H and O–H groups in total. The van der Waals surface area contributed by atoms with Gasteiger partial charge in [-0.15, -0.1) is 0 Å². The predicted molar refractivity (Wildman–Crippen MR) is 74.9 cm³/mol. The van der Waals surface area contributed by atoms with Crippen LogP contribution in [0.15, 0.2) is 18.2 Å². The molecule has 0 amide bonds. The molecule has 19 heavy (non-hydrogen) atoms. The molecule has 1 aliphatic heterocycles. The smallest absolute Gasteiger partial charge is 0.125 e. The van der Waals surface area contributed by atoms with Crippen LogP contribution >= 0.6 is 0 Å². The molecule has 1 saturated carbocycles. The molecule has 3 heteroatoms. The summed E-state index contributed by atoms with van der Waals surface area (Å²) >= 11 is 0. The Labute approximate surface area is 114 Å². The van der Waals surface area contributed by atoms with Gasteiger partial charge in [-0.1, -0.05) is 25.3 Å². The number of halogens is 1. The largest absolute Gasteiger partial charge is 0.391 e. The van der Waals surface area contributed by atoms with Crippen LogP contribution in [0.1, 0.15) is 37.7 Å². The van der Waals surface area contributed by atoms with E-state index >= 15 is 0 Å². The van der Waals surface area contributed by atoms with Gasteiger partial charge in [-0.2, -0.15) is 0 Å². The van der Waals surface area contributed by atoms with Gasteiger partial charge in [-0.25, -0.2) is 4.39 Å². The number of aliphatic hydroxyl groups is 1. The Morgan fingerprint density at radius 2 is 2.05 bits per heavy atom. The van der Waals surface area contributed by atoms with Crippen molar-refractivity contribution in [3.8, 4) is 0 Å². The standard InChI is InChI=1S/C16H22FNO/c17-14-7-6-12-8-9-18(15(12)10-14)11-16(19)13-4-2-1-3-5-13/h6-7,10,13,16,19H,1-5,8-9,11H2. The highest BCUT2D eigenvalue weighted by molar-refractivity contribution is 5.58. The van der Waals surface area contributed by atoms with Gasteiger partial charge in [0.2, 0.25) is 0 Å². The van der Waals surface area contributed by atoms with E-state index in [4.69, 9.17) is 0 Å². The Hall–Kier alpha value is -1.09. The Bertz CT molecular complexity index is 442. The van der Waals surface area contributed by atoms with Gasteiger partial charge in [0.25, 0.3) is 0 Å². The molecule has 1 heterocycles. The van der Waals surface area contributed by atoms with Gasteiger partial charge in [0.15, 0.2) is 0 Å². The second kappa shape index (κ2) is 5.49. The number of anilines is 1. The number of β-amino-alcohol motifs (C(OH)–C–C–N with tert-alkyl or cyclic N) is 1. The molecular formula is C16H22FNO. The minimum atomic E-state index is -0.269. The zero-order chi connectivity index (χ0) is 13.2. The molecule has 0 spiro atoms. The van der Waals surface area contributed by atoms with Crippen molar-refractivity contribution in [2.24, 2.45) is 5.92 Å². The van der Waals surface area contributed by atoms with E-state index in [0.717, 1.165) is 31.5 Å². The summed E-state index contributed by atoms with van der Waals surface area (Å²) in [6.07, 6.45) is 6.78. The topological polar surface area (TPSA) is 23.5 Å². The maximum absolute atomic E-state index is 13.3. The molecule has 1 fully saturated rings. The number of aliphatic hydroxyl groups excluding tert-OH is 1. The predicted octanol–water partition coefficient (Wildman–Crippen LogP) is 3.13. The highest BCUT2D eigenvalue weighted by atomic mass is 19.1. The molecule has 0 saturated heterocycles. The van der Waals surface area contributed by atoms with E-state index in [1.807, 2.05) is 6.07 Å². The van der Waals surface area contributed by atoms with E-state index in [1.165, 1.54) is 30.9 Å². The second-order valence-corrected chi connectivity index (χ2v) is 5.93. The summed E-state index contributed by atoms with van der Waals surface area (Å²) in [4.78, 5) is 2.15. The van der Waals surface area contributed by atoms with Crippen LogP contribution in [0.25, 0.3) is 0 Å². The molecule has 0 bridgehead atoms. The first-order valence-electron chi connectivity index (χ1n) is 7.45. The third-order valence-corrected chi connectivity index (χ3v) is 4.64. The van der Waals surface area contributed by atoms with Crippen LogP contribution in [0.3, 0.4) is 0 Å². The first-order chi connectivity index (χ1) is 9.24. The van der Waals surface area contributed by atoms with E-state index in [0.29, 0.717) is 12.5 Å². The third kappa shape index (κ3) is 2.76. The van der Waals surface area contributed by atoms with Crippen LogP contribution < -0.4 is 4.90 Å². The number of fused-ring (bicyclic) bond motifs is 1. The maximum Gasteiger partial charge on any atom is 0.125 e. The molecule has 3 rings (SSSR count). The van der Waals surface area contributed by atoms with Crippen molar-refractivity contribution in [3.63, 3.8) is 0 Å². The van der Waals surface area contributed by atoms with Gasteiger partial charge in [0.05, 0.1) is 6.10 Å². The monoisotopic (exact) mass is 263 g/mol. The molecule has 1 aliphatic carbocycles. The number of rotatable bonds is 3. The summed E-state index contributed by atoms with van der Waals surface area (Å²) in [7, 11) is 0. The quantitative estimate of drug-likeness (QED) is 0.905. The summed E-state index contributed by atoms with van der Waals surface area (Å²) < 4.78 is 13.3.